The van der Waals surface area contributed by atoms with Gasteiger partial charge in [-0.15, -0.1) is 11.3 Å². The zero-order chi connectivity index (χ0) is 19.8. The van der Waals surface area contributed by atoms with E-state index in [9.17, 15) is 4.79 Å². The maximum Gasteiger partial charge on any atom is 0.246 e. The van der Waals surface area contributed by atoms with Gasteiger partial charge in [0, 0.05) is 34.8 Å². The second-order valence-corrected chi connectivity index (χ2v) is 8.85. The third-order valence-corrected chi connectivity index (χ3v) is 6.63. The van der Waals surface area contributed by atoms with Gasteiger partial charge in [-0.05, 0) is 54.3 Å². The number of benzene rings is 1. The smallest absolute Gasteiger partial charge is 0.246 e. The predicted octanol–water partition coefficient (Wildman–Crippen LogP) is 5.74. The predicted molar refractivity (Wildman–Crippen MR) is 116 cm³/mol. The molecule has 0 unspecified atom stereocenters. The number of aromatic nitrogens is 1. The number of nitrogens with zero attached hydrogens (tertiary/aromatic N) is 2. The Kier molecular flexibility index (Phi) is 5.09. The van der Waals surface area contributed by atoms with Crippen molar-refractivity contribution in [1.29, 1.82) is 0 Å². The van der Waals surface area contributed by atoms with E-state index in [1.165, 1.54) is 22.8 Å². The van der Waals surface area contributed by atoms with Crippen LogP contribution in [0.2, 0.25) is 4.34 Å². The van der Waals surface area contributed by atoms with E-state index in [4.69, 9.17) is 11.6 Å². The van der Waals surface area contributed by atoms with E-state index < -0.39 is 0 Å². The number of fused-ring (bicyclic) bond motifs is 1. The van der Waals surface area contributed by atoms with Crippen LogP contribution in [0, 0.1) is 13.8 Å². The van der Waals surface area contributed by atoms with Crippen molar-refractivity contribution < 1.29 is 4.79 Å². The fourth-order valence-electron chi connectivity index (χ4n) is 4.08. The quantitative estimate of drug-likeness (QED) is 0.517. The van der Waals surface area contributed by atoms with Crippen LogP contribution >= 0.6 is 22.9 Å². The van der Waals surface area contributed by atoms with Gasteiger partial charge in [0.05, 0.1) is 10.9 Å². The first kappa shape index (κ1) is 18.9. The summed E-state index contributed by atoms with van der Waals surface area (Å²) in [4.78, 5) is 19.9. The molecule has 0 saturated heterocycles. The summed E-state index contributed by atoms with van der Waals surface area (Å²) < 4.78 is 0.758. The molecule has 1 atom stereocenters. The molecule has 142 valence electrons. The third-order valence-electron chi connectivity index (χ3n) is 5.37. The Hall–Kier alpha value is -2.43. The molecule has 28 heavy (non-hydrogen) atoms. The SMILES string of the molecule is C=CC(=O)N1Cc2sc(Cl)cc2[C@H](c2ccccc2-c2c(C)ccnc2C)C1. The number of halogens is 1. The lowest BCUT2D eigenvalue weighted by Gasteiger charge is -2.33. The van der Waals surface area contributed by atoms with Gasteiger partial charge < -0.3 is 4.90 Å². The fourth-order valence-corrected chi connectivity index (χ4v) is 5.43. The minimum absolute atomic E-state index is 0.0496. The maximum atomic E-state index is 12.4. The molecule has 3 nitrogen and oxygen atoms in total. The summed E-state index contributed by atoms with van der Waals surface area (Å²) in [5, 5.41) is 0. The largest absolute Gasteiger partial charge is 0.333 e. The van der Waals surface area contributed by atoms with Crippen LogP contribution in [-0.2, 0) is 11.3 Å². The van der Waals surface area contributed by atoms with Crippen LogP contribution in [0.15, 0.2) is 55.3 Å². The highest BCUT2D eigenvalue weighted by molar-refractivity contribution is 7.16. The molecule has 0 aliphatic carbocycles. The highest BCUT2D eigenvalue weighted by Crippen LogP contribution is 2.43. The van der Waals surface area contributed by atoms with E-state index in [0.29, 0.717) is 13.1 Å². The molecule has 0 N–H and O–H groups in total. The molecular formula is C23H21ClN2OS. The number of hydrogen-bond donors (Lipinski definition) is 0. The molecule has 1 aromatic carbocycles. The molecule has 3 aromatic rings. The summed E-state index contributed by atoms with van der Waals surface area (Å²) >= 11 is 7.91. The summed E-state index contributed by atoms with van der Waals surface area (Å²) in [5.41, 5.74) is 6.93. The van der Waals surface area contributed by atoms with E-state index in [0.717, 1.165) is 26.0 Å². The highest BCUT2D eigenvalue weighted by Gasteiger charge is 2.32. The summed E-state index contributed by atoms with van der Waals surface area (Å²) in [6.07, 6.45) is 3.23. The molecule has 1 aliphatic heterocycles. The first-order valence-corrected chi connectivity index (χ1v) is 10.4. The molecule has 0 saturated carbocycles. The molecule has 0 spiro atoms. The average molecular weight is 409 g/mol. The van der Waals surface area contributed by atoms with Gasteiger partial charge in [0.25, 0.3) is 0 Å². The number of aryl methyl sites for hydroxylation is 2. The van der Waals surface area contributed by atoms with Gasteiger partial charge in [-0.2, -0.15) is 0 Å². The van der Waals surface area contributed by atoms with Crippen LogP contribution in [-0.4, -0.2) is 22.3 Å². The van der Waals surface area contributed by atoms with Crippen molar-refractivity contribution in [3.8, 4) is 11.1 Å². The first-order chi connectivity index (χ1) is 13.5. The lowest BCUT2D eigenvalue weighted by atomic mass is 9.83. The van der Waals surface area contributed by atoms with Crippen molar-refractivity contribution in [3.63, 3.8) is 0 Å². The summed E-state index contributed by atoms with van der Waals surface area (Å²) in [6.45, 7) is 9.01. The maximum absolute atomic E-state index is 12.4. The van der Waals surface area contributed by atoms with Gasteiger partial charge in [0.15, 0.2) is 0 Å². The molecule has 4 rings (SSSR count). The number of carbonyl (C=O) groups excluding carboxylic acids is 1. The van der Waals surface area contributed by atoms with Crippen LogP contribution < -0.4 is 0 Å². The van der Waals surface area contributed by atoms with Crippen LogP contribution in [0.3, 0.4) is 0 Å². The van der Waals surface area contributed by atoms with Crippen molar-refractivity contribution in [2.75, 3.05) is 6.54 Å². The van der Waals surface area contributed by atoms with Crippen LogP contribution in [0.25, 0.3) is 11.1 Å². The van der Waals surface area contributed by atoms with E-state index >= 15 is 0 Å². The number of thiophene rings is 1. The van der Waals surface area contributed by atoms with Crippen molar-refractivity contribution in [1.82, 2.24) is 9.88 Å². The van der Waals surface area contributed by atoms with Gasteiger partial charge in [0.1, 0.15) is 0 Å². The minimum atomic E-state index is -0.0496. The monoisotopic (exact) mass is 408 g/mol. The first-order valence-electron chi connectivity index (χ1n) is 9.20. The molecule has 5 heteroatoms. The Balaban J connectivity index is 1.89. The highest BCUT2D eigenvalue weighted by atomic mass is 35.5. The molecule has 0 bridgehead atoms. The van der Waals surface area contributed by atoms with Crippen molar-refractivity contribution in [2.45, 2.75) is 26.3 Å². The van der Waals surface area contributed by atoms with E-state index in [1.807, 2.05) is 24.1 Å². The second-order valence-electron chi connectivity index (χ2n) is 7.08. The standard InChI is InChI=1S/C23H21ClN2OS/c1-4-22(27)26-12-19(18-11-21(24)28-20(18)13-26)16-7-5-6-8-17(16)23-14(2)9-10-25-15(23)3/h4-11,19H,1,12-13H2,2-3H3/t19-/m0/s1. The summed E-state index contributed by atoms with van der Waals surface area (Å²) in [7, 11) is 0. The van der Waals surface area contributed by atoms with Crippen LogP contribution in [0.1, 0.15) is 33.2 Å². The lowest BCUT2D eigenvalue weighted by molar-refractivity contribution is -0.127. The number of amides is 1. The van der Waals surface area contributed by atoms with Crippen molar-refractivity contribution in [2.24, 2.45) is 0 Å². The Morgan fingerprint density at radius 1 is 1.29 bits per heavy atom. The molecule has 0 radical (unpaired) electrons. The van der Waals surface area contributed by atoms with Crippen molar-refractivity contribution in [3.05, 3.63) is 86.8 Å². The summed E-state index contributed by atoms with van der Waals surface area (Å²) in [5.74, 6) is 0.0120. The number of hydrogen-bond acceptors (Lipinski definition) is 3. The van der Waals surface area contributed by atoms with Gasteiger partial charge in [-0.25, -0.2) is 0 Å². The Morgan fingerprint density at radius 3 is 2.82 bits per heavy atom. The number of carbonyl (C=O) groups is 1. The molecule has 0 fully saturated rings. The fraction of sp³-hybridized carbons (Fsp3) is 0.217. The van der Waals surface area contributed by atoms with E-state index in [2.05, 4.69) is 48.8 Å². The van der Waals surface area contributed by atoms with Gasteiger partial charge in [0.2, 0.25) is 5.91 Å². The lowest BCUT2D eigenvalue weighted by Crippen LogP contribution is -2.37. The second kappa shape index (κ2) is 7.53. The number of pyridine rings is 1. The zero-order valence-corrected chi connectivity index (χ0v) is 17.5. The molecule has 1 amide bonds. The van der Waals surface area contributed by atoms with Crippen LogP contribution in [0.5, 0.6) is 0 Å². The molecule has 3 heterocycles. The minimum Gasteiger partial charge on any atom is -0.333 e. The normalized spacial score (nSPS) is 16.0. The zero-order valence-electron chi connectivity index (χ0n) is 15.9. The molecular weight excluding hydrogens is 388 g/mol. The molecule has 2 aromatic heterocycles. The van der Waals surface area contributed by atoms with E-state index in [-0.39, 0.29) is 11.8 Å². The van der Waals surface area contributed by atoms with E-state index in [1.54, 1.807) is 11.3 Å². The topological polar surface area (TPSA) is 33.2 Å². The Bertz CT molecular complexity index is 1050. The third kappa shape index (κ3) is 3.27. The average Bonchev–Trinajstić information content (AvgIpc) is 3.07. The van der Waals surface area contributed by atoms with Gasteiger partial charge in [-0.3, -0.25) is 9.78 Å². The van der Waals surface area contributed by atoms with Crippen LogP contribution in [0.4, 0.5) is 0 Å². The van der Waals surface area contributed by atoms with Crippen molar-refractivity contribution >= 4 is 28.8 Å². The van der Waals surface area contributed by atoms with Gasteiger partial charge in [-0.1, -0.05) is 42.4 Å². The Labute approximate surface area is 174 Å². The summed E-state index contributed by atoms with van der Waals surface area (Å²) in [6, 6.07) is 12.5. The number of rotatable bonds is 3. The molecule has 1 aliphatic rings. The Morgan fingerprint density at radius 2 is 2.07 bits per heavy atom. The van der Waals surface area contributed by atoms with Gasteiger partial charge >= 0.3 is 0 Å².